The fourth-order valence-corrected chi connectivity index (χ4v) is 2.81. The van der Waals surface area contributed by atoms with Crippen molar-refractivity contribution in [1.29, 1.82) is 0 Å². The van der Waals surface area contributed by atoms with E-state index in [4.69, 9.17) is 11.6 Å². The Morgan fingerprint density at radius 2 is 1.70 bits per heavy atom. The molecule has 3 aromatic rings. The Bertz CT molecular complexity index is 1010. The molecule has 0 atom stereocenters. The highest BCUT2D eigenvalue weighted by Gasteiger charge is 2.31. The Morgan fingerprint density at radius 1 is 1.00 bits per heavy atom. The average molecular weight is 398 g/mol. The molecular formula is C19H12ClF4NO2. The van der Waals surface area contributed by atoms with Crippen LogP contribution in [-0.4, -0.2) is 10.9 Å². The molecule has 2 aromatic carbocycles. The van der Waals surface area contributed by atoms with Crippen LogP contribution in [0.15, 0.2) is 65.5 Å². The zero-order valence-corrected chi connectivity index (χ0v) is 14.4. The third kappa shape index (κ3) is 4.68. The number of alkyl halides is 3. The van der Waals surface area contributed by atoms with Crippen LogP contribution in [0.4, 0.5) is 17.6 Å². The summed E-state index contributed by atoms with van der Waals surface area (Å²) in [5, 5.41) is 0.172. The maximum absolute atomic E-state index is 13.2. The van der Waals surface area contributed by atoms with Crippen LogP contribution in [0.1, 0.15) is 5.56 Å². The molecule has 0 spiro atoms. The largest absolute Gasteiger partial charge is 0.573 e. The summed E-state index contributed by atoms with van der Waals surface area (Å²) < 4.78 is 55.3. The summed E-state index contributed by atoms with van der Waals surface area (Å²) in [5.41, 5.74) is 1.19. The third-order valence-electron chi connectivity index (χ3n) is 3.78. The monoisotopic (exact) mass is 397 g/mol. The number of pyridine rings is 1. The lowest BCUT2D eigenvalue weighted by molar-refractivity contribution is -0.274. The van der Waals surface area contributed by atoms with Crippen molar-refractivity contribution in [1.82, 2.24) is 4.57 Å². The highest BCUT2D eigenvalue weighted by molar-refractivity contribution is 6.31. The number of hydrogen-bond donors (Lipinski definition) is 0. The molecule has 8 heteroatoms. The molecule has 1 aromatic heterocycles. The first kappa shape index (κ1) is 19.0. The van der Waals surface area contributed by atoms with E-state index < -0.39 is 12.2 Å². The first-order valence-electron chi connectivity index (χ1n) is 7.73. The Morgan fingerprint density at radius 3 is 2.33 bits per heavy atom. The average Bonchev–Trinajstić information content (AvgIpc) is 2.58. The van der Waals surface area contributed by atoms with Gasteiger partial charge in [0.15, 0.2) is 0 Å². The third-order valence-corrected chi connectivity index (χ3v) is 4.13. The fourth-order valence-electron chi connectivity index (χ4n) is 2.58. The molecule has 0 N–H and O–H groups in total. The molecule has 0 saturated carbocycles. The summed E-state index contributed by atoms with van der Waals surface area (Å²) in [6.45, 7) is 0.0783. The van der Waals surface area contributed by atoms with Crippen molar-refractivity contribution in [2.24, 2.45) is 0 Å². The van der Waals surface area contributed by atoms with E-state index in [0.29, 0.717) is 16.8 Å². The van der Waals surface area contributed by atoms with Gasteiger partial charge in [-0.3, -0.25) is 4.79 Å². The van der Waals surface area contributed by atoms with Crippen molar-refractivity contribution in [3.8, 4) is 17.0 Å². The number of nitrogens with zero attached hydrogens (tertiary/aromatic N) is 1. The van der Waals surface area contributed by atoms with Crippen molar-refractivity contribution in [2.45, 2.75) is 12.9 Å². The van der Waals surface area contributed by atoms with Gasteiger partial charge in [0, 0.05) is 11.1 Å². The summed E-state index contributed by atoms with van der Waals surface area (Å²) in [5.74, 6) is -0.859. The molecule has 0 aliphatic carbocycles. The predicted molar refractivity (Wildman–Crippen MR) is 93.3 cm³/mol. The quantitative estimate of drug-likeness (QED) is 0.563. The van der Waals surface area contributed by atoms with Gasteiger partial charge >= 0.3 is 6.36 Å². The van der Waals surface area contributed by atoms with Crippen molar-refractivity contribution >= 4 is 11.6 Å². The molecule has 0 unspecified atom stereocenters. The summed E-state index contributed by atoms with van der Waals surface area (Å²) in [6, 6.07) is 13.6. The van der Waals surface area contributed by atoms with E-state index in [1.807, 2.05) is 0 Å². The summed E-state index contributed by atoms with van der Waals surface area (Å²) in [4.78, 5) is 12.3. The topological polar surface area (TPSA) is 31.2 Å². The highest BCUT2D eigenvalue weighted by atomic mass is 35.5. The van der Waals surface area contributed by atoms with Crippen molar-refractivity contribution in [3.05, 3.63) is 87.4 Å². The van der Waals surface area contributed by atoms with E-state index >= 15 is 0 Å². The number of halogens is 5. The first-order chi connectivity index (χ1) is 12.7. The van der Waals surface area contributed by atoms with Crippen molar-refractivity contribution < 1.29 is 22.3 Å². The standard InChI is InChI=1S/C19H12ClF4NO2/c20-16-10-14(21)7-4-13(16)11-25-17(2-1-3-18(25)26)12-5-8-15(9-6-12)27-19(22,23)24/h1-10H,11H2. The molecule has 3 rings (SSSR count). The summed E-state index contributed by atoms with van der Waals surface area (Å²) in [6.07, 6.45) is -4.78. The van der Waals surface area contributed by atoms with Crippen LogP contribution in [0.25, 0.3) is 11.3 Å². The summed E-state index contributed by atoms with van der Waals surface area (Å²) >= 11 is 6.03. The molecule has 27 heavy (non-hydrogen) atoms. The Labute approximate surface area is 156 Å². The minimum absolute atomic E-state index is 0.0783. The van der Waals surface area contributed by atoms with Gasteiger partial charge in [0.1, 0.15) is 11.6 Å². The number of benzene rings is 2. The zero-order valence-electron chi connectivity index (χ0n) is 13.6. The van der Waals surface area contributed by atoms with Gasteiger partial charge in [-0.05, 0) is 53.6 Å². The minimum Gasteiger partial charge on any atom is -0.406 e. The summed E-state index contributed by atoms with van der Waals surface area (Å²) in [7, 11) is 0. The molecule has 0 saturated heterocycles. The minimum atomic E-state index is -4.78. The SMILES string of the molecule is O=c1cccc(-c2ccc(OC(F)(F)F)cc2)n1Cc1ccc(F)cc1Cl. The van der Waals surface area contributed by atoms with Gasteiger partial charge in [-0.1, -0.05) is 23.7 Å². The van der Waals surface area contributed by atoms with Crippen LogP contribution in [0.5, 0.6) is 5.75 Å². The zero-order chi connectivity index (χ0) is 19.6. The van der Waals surface area contributed by atoms with E-state index in [9.17, 15) is 22.4 Å². The van der Waals surface area contributed by atoms with Gasteiger partial charge < -0.3 is 9.30 Å². The predicted octanol–water partition coefficient (Wildman–Crippen LogP) is 5.25. The molecular weight excluding hydrogens is 386 g/mol. The Kier molecular flexibility index (Phi) is 5.23. The molecule has 0 bridgehead atoms. The molecule has 0 fully saturated rings. The van der Waals surface area contributed by atoms with Gasteiger partial charge in [0.2, 0.25) is 0 Å². The first-order valence-corrected chi connectivity index (χ1v) is 8.11. The second-order valence-electron chi connectivity index (χ2n) is 5.64. The highest BCUT2D eigenvalue weighted by Crippen LogP contribution is 2.27. The maximum atomic E-state index is 13.2. The molecule has 1 heterocycles. The molecule has 0 amide bonds. The fraction of sp³-hybridized carbons (Fsp3) is 0.105. The van der Waals surface area contributed by atoms with Crippen LogP contribution in [0.2, 0.25) is 5.02 Å². The lowest BCUT2D eigenvalue weighted by atomic mass is 10.1. The van der Waals surface area contributed by atoms with Gasteiger partial charge in [0.05, 0.1) is 12.2 Å². The van der Waals surface area contributed by atoms with Gasteiger partial charge in [0.25, 0.3) is 5.56 Å². The van der Waals surface area contributed by atoms with Gasteiger partial charge in [-0.25, -0.2) is 4.39 Å². The van der Waals surface area contributed by atoms with E-state index in [1.54, 1.807) is 12.1 Å². The number of aromatic nitrogens is 1. The second kappa shape index (κ2) is 7.44. The normalized spacial score (nSPS) is 11.4. The van der Waals surface area contributed by atoms with Crippen LogP contribution >= 0.6 is 11.6 Å². The van der Waals surface area contributed by atoms with E-state index in [-0.39, 0.29) is 22.9 Å². The molecule has 3 nitrogen and oxygen atoms in total. The smallest absolute Gasteiger partial charge is 0.406 e. The molecule has 0 aliphatic rings. The molecule has 0 aliphatic heterocycles. The lowest BCUT2D eigenvalue weighted by Gasteiger charge is -2.15. The van der Waals surface area contributed by atoms with Crippen LogP contribution in [0.3, 0.4) is 0 Å². The maximum Gasteiger partial charge on any atom is 0.573 e. The Hall–Kier alpha value is -2.80. The number of hydrogen-bond acceptors (Lipinski definition) is 2. The van der Waals surface area contributed by atoms with Crippen molar-refractivity contribution in [2.75, 3.05) is 0 Å². The van der Waals surface area contributed by atoms with Crippen LogP contribution < -0.4 is 10.3 Å². The van der Waals surface area contributed by atoms with E-state index in [2.05, 4.69) is 4.74 Å². The van der Waals surface area contributed by atoms with E-state index in [0.717, 1.165) is 18.2 Å². The number of ether oxygens (including phenoxy) is 1. The number of rotatable bonds is 4. The lowest BCUT2D eigenvalue weighted by Crippen LogP contribution is -2.21. The van der Waals surface area contributed by atoms with E-state index in [1.165, 1.54) is 34.9 Å². The van der Waals surface area contributed by atoms with Gasteiger partial charge in [-0.15, -0.1) is 13.2 Å². The Balaban J connectivity index is 1.97. The molecule has 0 radical (unpaired) electrons. The van der Waals surface area contributed by atoms with Crippen LogP contribution in [-0.2, 0) is 6.54 Å². The second-order valence-corrected chi connectivity index (χ2v) is 6.05. The van der Waals surface area contributed by atoms with Gasteiger partial charge in [-0.2, -0.15) is 0 Å². The van der Waals surface area contributed by atoms with Crippen molar-refractivity contribution in [3.63, 3.8) is 0 Å². The molecule has 140 valence electrons. The van der Waals surface area contributed by atoms with Crippen LogP contribution in [0, 0.1) is 5.82 Å².